The molecule has 1 unspecified atom stereocenters. The highest BCUT2D eigenvalue weighted by Gasteiger charge is 2.28. The van der Waals surface area contributed by atoms with Gasteiger partial charge >= 0.3 is 0 Å². The Hall–Kier alpha value is 1.04. The fourth-order valence-electron chi connectivity index (χ4n) is 2.47. The first kappa shape index (κ1) is 8.63. The second kappa shape index (κ2) is 4.33. The molecule has 0 bridgehead atoms. The molecule has 6 heteroatoms. The van der Waals surface area contributed by atoms with E-state index in [0.29, 0.717) is 17.1 Å². The number of rotatable bonds is 1. The van der Waals surface area contributed by atoms with Crippen molar-refractivity contribution in [3.8, 4) is 0 Å². The van der Waals surface area contributed by atoms with Crippen LogP contribution in [-0.4, -0.2) is 54.4 Å². The van der Waals surface area contributed by atoms with Crippen LogP contribution in [0.15, 0.2) is 0 Å². The Labute approximate surface area is 78.5 Å². The third kappa shape index (κ3) is 2.25. The number of hydrogen-bond acceptors (Lipinski definition) is 1. The molecule has 1 atom stereocenters. The van der Waals surface area contributed by atoms with Crippen LogP contribution in [0.5, 0.6) is 0 Å². The van der Waals surface area contributed by atoms with Crippen LogP contribution in [0.25, 0.3) is 0 Å². The van der Waals surface area contributed by atoms with E-state index in [4.69, 9.17) is 4.74 Å². The second-order valence-corrected chi connectivity index (χ2v) is 49.4. The van der Waals surface area contributed by atoms with Gasteiger partial charge in [-0.2, -0.15) is 0 Å². The third-order valence-electron chi connectivity index (χ3n) is 3.14. The fraction of sp³-hybridized carbons (Fsp3) is 1.00. The highest BCUT2D eigenvalue weighted by Crippen LogP contribution is 2.14. The van der Waals surface area contributed by atoms with Crippen molar-refractivity contribution in [3.63, 3.8) is 0 Å². The lowest BCUT2D eigenvalue weighted by Crippen LogP contribution is -2.43. The fourth-order valence-corrected chi connectivity index (χ4v) is 209. The van der Waals surface area contributed by atoms with Gasteiger partial charge in [-0.15, -0.1) is 0 Å². The average molecular weight is 235 g/mol. The average Bonchev–Trinajstić information content (AvgIpc) is 2.58. The van der Waals surface area contributed by atoms with Crippen LogP contribution in [0.1, 0.15) is 19.3 Å². The lowest BCUT2D eigenvalue weighted by molar-refractivity contribution is 0.0656. The smallest absolute Gasteiger partial charge is 0.0465 e. The van der Waals surface area contributed by atoms with Gasteiger partial charge in [0.2, 0.25) is 0 Å². The second-order valence-electron chi connectivity index (χ2n) is 3.95. The van der Waals surface area contributed by atoms with Crippen LogP contribution >= 0.6 is 0 Å². The summed E-state index contributed by atoms with van der Waals surface area (Å²) in [4.78, 5) is 0. The van der Waals surface area contributed by atoms with E-state index in [0.717, 1.165) is 29.4 Å². The van der Waals surface area contributed by atoms with Gasteiger partial charge in [-0.25, -0.2) is 0 Å². The summed E-state index contributed by atoms with van der Waals surface area (Å²) in [5.74, 6) is 0. The number of ether oxygens (including phenoxy) is 1. The molecule has 0 radical (unpaired) electrons. The van der Waals surface area contributed by atoms with E-state index < -0.39 is 0 Å². The lowest BCUT2D eigenvalue weighted by atomic mass is 10.2. The highest BCUT2D eigenvalue weighted by atomic mass is 30.1. The van der Waals surface area contributed by atoms with Gasteiger partial charge in [0.25, 0.3) is 0 Å². The predicted molar refractivity (Wildman–Crippen MR) is 64.9 cm³/mol. The normalized spacial score (nSPS) is 48.0. The van der Waals surface area contributed by atoms with E-state index in [1.807, 2.05) is 0 Å². The Bertz CT molecular complexity index is 120. The van der Waals surface area contributed by atoms with Crippen molar-refractivity contribution in [3.05, 3.63) is 0 Å². The zero-order chi connectivity index (χ0) is 7.52. The Kier molecular flexibility index (Phi) is 3.40. The quantitative estimate of drug-likeness (QED) is 0.433. The minimum absolute atomic E-state index is 0.0166. The summed E-state index contributed by atoms with van der Waals surface area (Å²) in [7, 11) is 2.94. The van der Waals surface area contributed by atoms with Crippen molar-refractivity contribution in [2.24, 2.45) is 0 Å². The zero-order valence-corrected chi connectivity index (χ0v) is 14.0. The van der Waals surface area contributed by atoms with Crippen LogP contribution in [0, 0.1) is 0 Å². The van der Waals surface area contributed by atoms with Gasteiger partial charge in [0.05, 0.1) is 0 Å². The van der Waals surface area contributed by atoms with Crippen molar-refractivity contribution in [1.29, 1.82) is 0 Å². The number of hydrogen-bond donors (Lipinski definition) is 0. The Morgan fingerprint density at radius 3 is 2.64 bits per heavy atom. The largest absolute Gasteiger partial charge is 0.383 e. The molecule has 0 aromatic carbocycles. The van der Waals surface area contributed by atoms with E-state index in [-0.39, 0.29) is 7.83 Å². The molecule has 11 heavy (non-hydrogen) atoms. The van der Waals surface area contributed by atoms with E-state index in [9.17, 15) is 0 Å². The zero-order valence-electron chi connectivity index (χ0n) is 7.22. The maximum Gasteiger partial charge on any atom is 0.0465 e. The van der Waals surface area contributed by atoms with Crippen molar-refractivity contribution < 1.29 is 4.74 Å². The van der Waals surface area contributed by atoms with Gasteiger partial charge in [-0.1, -0.05) is 0 Å². The van der Waals surface area contributed by atoms with E-state index >= 15 is 0 Å². The highest BCUT2D eigenvalue weighted by molar-refractivity contribution is 7.80. The van der Waals surface area contributed by atoms with E-state index in [1.165, 1.54) is 19.3 Å². The first-order chi connectivity index (χ1) is 5.47. The van der Waals surface area contributed by atoms with Crippen molar-refractivity contribution in [2.45, 2.75) is 25.0 Å². The molecule has 2 rings (SSSR count). The summed E-state index contributed by atoms with van der Waals surface area (Å²) in [6.45, 7) is 1.14. The first-order valence-electron chi connectivity index (χ1n) is 5.08. The van der Waals surface area contributed by atoms with Crippen molar-refractivity contribution >= 4 is 42.1 Å². The molecular formula is C5H18OSi5. The predicted octanol–water partition coefficient (Wildman–Crippen LogP) is -3.25. The van der Waals surface area contributed by atoms with Crippen LogP contribution in [-0.2, 0) is 4.74 Å². The molecule has 2 fully saturated rings. The van der Waals surface area contributed by atoms with Gasteiger partial charge in [0.15, 0.2) is 0 Å². The Morgan fingerprint density at radius 2 is 2.00 bits per heavy atom. The molecule has 0 aromatic rings. The summed E-state index contributed by atoms with van der Waals surface area (Å²) in [6.07, 6.45) is 4.40. The minimum Gasteiger partial charge on any atom is -0.383 e. The van der Waals surface area contributed by atoms with Crippen LogP contribution in [0.4, 0.5) is 0 Å². The van der Waals surface area contributed by atoms with Crippen molar-refractivity contribution in [1.82, 2.24) is 0 Å². The summed E-state index contributed by atoms with van der Waals surface area (Å²) in [5, 5.41) is 0. The molecule has 0 spiro atoms. The van der Waals surface area contributed by atoms with Gasteiger partial charge < -0.3 is 4.74 Å². The SMILES string of the molecule is C1CCC([SiH]2[SiH2][SiH2][SiH2][SiH2]2)OC1. The molecule has 0 aliphatic carbocycles. The molecule has 2 saturated heterocycles. The summed E-state index contributed by atoms with van der Waals surface area (Å²) >= 11 is 0. The molecule has 1 nitrogen and oxygen atoms in total. The Morgan fingerprint density at radius 1 is 1.18 bits per heavy atom. The summed E-state index contributed by atoms with van der Waals surface area (Å²) in [6, 6.07) is 0. The molecule has 0 N–H and O–H groups in total. The first-order valence-corrected chi connectivity index (χ1v) is 24.3. The molecule has 0 amide bonds. The molecule has 2 aliphatic heterocycles. The topological polar surface area (TPSA) is 9.23 Å². The molecule has 0 aromatic heterocycles. The minimum atomic E-state index is 0.0166. The summed E-state index contributed by atoms with van der Waals surface area (Å²) in [5.41, 5.74) is 0.976. The monoisotopic (exact) mass is 234 g/mol. The van der Waals surface area contributed by atoms with Crippen molar-refractivity contribution in [2.75, 3.05) is 6.61 Å². The van der Waals surface area contributed by atoms with Crippen LogP contribution < -0.4 is 0 Å². The maximum absolute atomic E-state index is 5.94. The summed E-state index contributed by atoms with van der Waals surface area (Å²) < 4.78 is 5.94. The van der Waals surface area contributed by atoms with E-state index in [2.05, 4.69) is 0 Å². The third-order valence-corrected chi connectivity index (χ3v) is 102. The molecule has 2 aliphatic rings. The van der Waals surface area contributed by atoms with Crippen LogP contribution in [0.2, 0.25) is 0 Å². The van der Waals surface area contributed by atoms with Gasteiger partial charge in [-0.05, 0) is 53.5 Å². The lowest BCUT2D eigenvalue weighted by Gasteiger charge is -2.26. The van der Waals surface area contributed by atoms with E-state index in [1.54, 1.807) is 0 Å². The molecular weight excluding hydrogens is 216 g/mol. The van der Waals surface area contributed by atoms with Gasteiger partial charge in [0, 0.05) is 20.2 Å². The standard InChI is InChI=1S/C5H18OSi5/c1-2-4-6-5(3-1)11-9-7-8-10-11/h5,11H,1-4,7-10H2. The molecule has 0 saturated carbocycles. The maximum atomic E-state index is 5.94. The Balaban J connectivity index is 1.82. The van der Waals surface area contributed by atoms with Crippen LogP contribution in [0.3, 0.4) is 0 Å². The molecule has 2 heterocycles. The van der Waals surface area contributed by atoms with Gasteiger partial charge in [0.1, 0.15) is 0 Å². The van der Waals surface area contributed by atoms with Gasteiger partial charge in [-0.3, -0.25) is 0 Å². The molecule has 64 valence electrons.